The van der Waals surface area contributed by atoms with E-state index in [1.807, 2.05) is 35.8 Å². The summed E-state index contributed by atoms with van der Waals surface area (Å²) in [6.45, 7) is 8.84. The lowest BCUT2D eigenvalue weighted by Gasteiger charge is -2.28. The van der Waals surface area contributed by atoms with Crippen LogP contribution in [0.4, 0.5) is 5.95 Å². The number of aromatic nitrogens is 3. The standard InChI is InChI=1S/C22H33N5O2S/c1-16(2)12-13-23-20(28)17(3)30-22-25-24-21(26-14-8-5-9-15-26)27(22)18-10-6-7-11-19(18)29-4/h6-7,10-11,16-17H,5,8-9,12-15H2,1-4H3,(H,23,28). The van der Waals surface area contributed by atoms with Crippen LogP contribution in [-0.2, 0) is 4.79 Å². The van der Waals surface area contributed by atoms with Crippen LogP contribution in [0.2, 0.25) is 0 Å². The Hall–Kier alpha value is -2.22. The van der Waals surface area contributed by atoms with Crippen LogP contribution in [0.5, 0.6) is 5.75 Å². The minimum absolute atomic E-state index is 0.0229. The third-order valence-electron chi connectivity index (χ3n) is 5.25. The second kappa shape index (κ2) is 10.7. The highest BCUT2D eigenvalue weighted by Crippen LogP contribution is 2.34. The number of ether oxygens (including phenoxy) is 1. The molecule has 1 saturated heterocycles. The second-order valence-electron chi connectivity index (χ2n) is 8.07. The van der Waals surface area contributed by atoms with Crippen LogP contribution in [0.15, 0.2) is 29.4 Å². The Bertz CT molecular complexity index is 833. The molecule has 3 rings (SSSR count). The van der Waals surface area contributed by atoms with Gasteiger partial charge in [0.1, 0.15) is 5.75 Å². The number of nitrogens with one attached hydrogen (secondary N) is 1. The lowest BCUT2D eigenvalue weighted by atomic mass is 10.1. The van der Waals surface area contributed by atoms with E-state index in [1.165, 1.54) is 18.2 Å². The number of anilines is 1. The summed E-state index contributed by atoms with van der Waals surface area (Å²) in [6, 6.07) is 7.87. The van der Waals surface area contributed by atoms with Crippen molar-refractivity contribution in [1.82, 2.24) is 20.1 Å². The molecular weight excluding hydrogens is 398 g/mol. The van der Waals surface area contributed by atoms with Gasteiger partial charge in [-0.05, 0) is 50.7 Å². The molecule has 7 nitrogen and oxygen atoms in total. The number of amides is 1. The van der Waals surface area contributed by atoms with E-state index >= 15 is 0 Å². The summed E-state index contributed by atoms with van der Waals surface area (Å²) in [4.78, 5) is 14.9. The summed E-state index contributed by atoms with van der Waals surface area (Å²) in [6.07, 6.45) is 4.51. The number of thioether (sulfide) groups is 1. The van der Waals surface area contributed by atoms with Crippen molar-refractivity contribution in [2.45, 2.75) is 56.9 Å². The van der Waals surface area contributed by atoms with Crippen LogP contribution in [0.1, 0.15) is 46.5 Å². The van der Waals surface area contributed by atoms with E-state index in [-0.39, 0.29) is 11.2 Å². The van der Waals surface area contributed by atoms with Crippen LogP contribution >= 0.6 is 11.8 Å². The fourth-order valence-electron chi connectivity index (χ4n) is 3.50. The smallest absolute Gasteiger partial charge is 0.233 e. The van der Waals surface area contributed by atoms with Gasteiger partial charge in [-0.3, -0.25) is 9.36 Å². The van der Waals surface area contributed by atoms with E-state index in [0.717, 1.165) is 49.7 Å². The molecule has 164 valence electrons. The fraction of sp³-hybridized carbons (Fsp3) is 0.591. The maximum Gasteiger partial charge on any atom is 0.233 e. The number of carbonyl (C=O) groups is 1. The molecule has 1 atom stereocenters. The lowest BCUT2D eigenvalue weighted by molar-refractivity contribution is -0.120. The maximum absolute atomic E-state index is 12.6. The third kappa shape index (κ3) is 5.47. The van der Waals surface area contributed by atoms with Gasteiger partial charge in [0.15, 0.2) is 5.16 Å². The first-order chi connectivity index (χ1) is 14.5. The number of hydrogen-bond donors (Lipinski definition) is 1. The summed E-state index contributed by atoms with van der Waals surface area (Å²) >= 11 is 1.43. The Labute approximate surface area is 183 Å². The van der Waals surface area contributed by atoms with E-state index in [1.54, 1.807) is 7.11 Å². The van der Waals surface area contributed by atoms with Gasteiger partial charge in [-0.25, -0.2) is 0 Å². The van der Waals surface area contributed by atoms with Gasteiger partial charge in [0, 0.05) is 19.6 Å². The minimum Gasteiger partial charge on any atom is -0.495 e. The molecule has 0 radical (unpaired) electrons. The van der Waals surface area contributed by atoms with Crippen LogP contribution in [0.3, 0.4) is 0 Å². The Balaban J connectivity index is 1.87. The molecule has 30 heavy (non-hydrogen) atoms. The van der Waals surface area contributed by atoms with Gasteiger partial charge in [-0.15, -0.1) is 10.2 Å². The number of methoxy groups -OCH3 is 1. The molecule has 2 aromatic rings. The molecule has 1 N–H and O–H groups in total. The van der Waals surface area contributed by atoms with Crippen LogP contribution in [-0.4, -0.2) is 52.7 Å². The van der Waals surface area contributed by atoms with Crippen molar-refractivity contribution in [3.8, 4) is 11.4 Å². The molecular formula is C22H33N5O2S. The van der Waals surface area contributed by atoms with Crippen LogP contribution in [0, 0.1) is 5.92 Å². The van der Waals surface area contributed by atoms with Gasteiger partial charge in [0.25, 0.3) is 0 Å². The third-order valence-corrected chi connectivity index (χ3v) is 6.30. The van der Waals surface area contributed by atoms with Crippen molar-refractivity contribution >= 4 is 23.6 Å². The highest BCUT2D eigenvalue weighted by Gasteiger charge is 2.26. The quantitative estimate of drug-likeness (QED) is 0.607. The Morgan fingerprint density at radius 1 is 1.17 bits per heavy atom. The molecule has 0 aliphatic carbocycles. The largest absolute Gasteiger partial charge is 0.495 e. The Morgan fingerprint density at radius 2 is 1.90 bits per heavy atom. The van der Waals surface area contributed by atoms with E-state index < -0.39 is 0 Å². The highest BCUT2D eigenvalue weighted by molar-refractivity contribution is 8.00. The van der Waals surface area contributed by atoms with Gasteiger partial charge in [-0.1, -0.05) is 37.7 Å². The van der Waals surface area contributed by atoms with E-state index in [0.29, 0.717) is 17.6 Å². The molecule has 8 heteroatoms. The number of rotatable bonds is 9. The van der Waals surface area contributed by atoms with Crippen molar-refractivity contribution in [1.29, 1.82) is 0 Å². The van der Waals surface area contributed by atoms with Crippen molar-refractivity contribution in [2.24, 2.45) is 5.92 Å². The molecule has 1 aromatic carbocycles. The van der Waals surface area contributed by atoms with Gasteiger partial charge < -0.3 is 15.0 Å². The molecule has 1 aromatic heterocycles. The minimum atomic E-state index is -0.274. The zero-order valence-electron chi connectivity index (χ0n) is 18.4. The number of benzene rings is 1. The molecule has 2 heterocycles. The number of piperidine rings is 1. The predicted molar refractivity (Wildman–Crippen MR) is 122 cm³/mol. The maximum atomic E-state index is 12.6. The number of para-hydroxylation sites is 2. The Kier molecular flexibility index (Phi) is 8.01. The first-order valence-corrected chi connectivity index (χ1v) is 11.7. The SMILES string of the molecule is COc1ccccc1-n1c(SC(C)C(=O)NCCC(C)C)nnc1N1CCCCC1. The fourth-order valence-corrected chi connectivity index (χ4v) is 4.38. The van der Waals surface area contributed by atoms with Crippen LogP contribution in [0.25, 0.3) is 5.69 Å². The molecule has 1 amide bonds. The zero-order chi connectivity index (χ0) is 21.5. The Morgan fingerprint density at radius 3 is 2.60 bits per heavy atom. The summed E-state index contributed by atoms with van der Waals surface area (Å²) < 4.78 is 7.65. The number of nitrogens with zero attached hydrogens (tertiary/aromatic N) is 4. The number of carbonyl (C=O) groups excluding carboxylic acids is 1. The summed E-state index contributed by atoms with van der Waals surface area (Å²) in [5.41, 5.74) is 0.889. The van der Waals surface area contributed by atoms with Gasteiger partial charge in [0.2, 0.25) is 11.9 Å². The summed E-state index contributed by atoms with van der Waals surface area (Å²) in [5, 5.41) is 12.5. The monoisotopic (exact) mass is 431 g/mol. The first-order valence-electron chi connectivity index (χ1n) is 10.8. The molecule has 1 unspecified atom stereocenters. The molecule has 1 aliphatic heterocycles. The van der Waals surface area contributed by atoms with E-state index in [9.17, 15) is 4.79 Å². The zero-order valence-corrected chi connectivity index (χ0v) is 19.2. The molecule has 0 spiro atoms. The average Bonchev–Trinajstić information content (AvgIpc) is 3.17. The van der Waals surface area contributed by atoms with E-state index in [4.69, 9.17) is 4.74 Å². The summed E-state index contributed by atoms with van der Waals surface area (Å²) in [7, 11) is 1.67. The lowest BCUT2D eigenvalue weighted by Crippen LogP contribution is -2.33. The summed E-state index contributed by atoms with van der Waals surface area (Å²) in [5.74, 6) is 2.16. The van der Waals surface area contributed by atoms with Gasteiger partial charge >= 0.3 is 0 Å². The van der Waals surface area contributed by atoms with Crippen LogP contribution < -0.4 is 15.0 Å². The van der Waals surface area contributed by atoms with Gasteiger partial charge in [0.05, 0.1) is 18.0 Å². The molecule has 1 fully saturated rings. The normalized spacial score (nSPS) is 15.3. The predicted octanol–water partition coefficient (Wildman–Crippen LogP) is 3.91. The molecule has 0 saturated carbocycles. The van der Waals surface area contributed by atoms with Crippen molar-refractivity contribution in [2.75, 3.05) is 31.6 Å². The van der Waals surface area contributed by atoms with Crippen molar-refractivity contribution < 1.29 is 9.53 Å². The van der Waals surface area contributed by atoms with Crippen molar-refractivity contribution in [3.05, 3.63) is 24.3 Å². The molecule has 1 aliphatic rings. The van der Waals surface area contributed by atoms with E-state index in [2.05, 4.69) is 34.3 Å². The number of hydrogen-bond acceptors (Lipinski definition) is 6. The molecule has 0 bridgehead atoms. The average molecular weight is 432 g/mol. The highest BCUT2D eigenvalue weighted by atomic mass is 32.2. The first kappa shape index (κ1) is 22.5. The van der Waals surface area contributed by atoms with Gasteiger partial charge in [-0.2, -0.15) is 0 Å². The second-order valence-corrected chi connectivity index (χ2v) is 9.38. The van der Waals surface area contributed by atoms with Crippen molar-refractivity contribution in [3.63, 3.8) is 0 Å². The topological polar surface area (TPSA) is 72.3 Å².